The van der Waals surface area contributed by atoms with Crippen LogP contribution in [0.25, 0.3) is 0 Å². The predicted molar refractivity (Wildman–Crippen MR) is 120 cm³/mol. The Morgan fingerprint density at radius 3 is 2.39 bits per heavy atom. The van der Waals surface area contributed by atoms with E-state index in [1.807, 2.05) is 30.3 Å². The zero-order valence-corrected chi connectivity index (χ0v) is 18.9. The van der Waals surface area contributed by atoms with Crippen LogP contribution in [0.5, 0.6) is 0 Å². The second-order valence-corrected chi connectivity index (χ2v) is 11.4. The number of hydrogen-bond donors (Lipinski definition) is 2. The van der Waals surface area contributed by atoms with E-state index >= 15 is 0 Å². The largest absolute Gasteiger partial charge is 0.396 e. The van der Waals surface area contributed by atoms with E-state index in [4.69, 9.17) is 0 Å². The lowest BCUT2D eigenvalue weighted by Gasteiger charge is -2.18. The first kappa shape index (κ1) is 23.6. The first-order valence-corrected chi connectivity index (χ1v) is 13.1. The smallest absolute Gasteiger partial charge is 0.243 e. The average Bonchev–Trinajstić information content (AvgIpc) is 3.27. The van der Waals surface area contributed by atoms with E-state index in [2.05, 4.69) is 11.3 Å². The van der Waals surface area contributed by atoms with Gasteiger partial charge in [-0.1, -0.05) is 49.0 Å². The standard InChI is InChI=1S/C22H28N2O5S2/c1-2-30(26,27)23-15-19-12-13-24(16-19)31(28,29)22-10-8-20(9-11-22)21(17-25)14-18-6-4-3-5-7-18/h2-11,19,21,23,25H,1,12-17H2/t19-,21?/m1/s1. The van der Waals surface area contributed by atoms with Gasteiger partial charge in [0, 0.05) is 31.0 Å². The van der Waals surface area contributed by atoms with Crippen molar-refractivity contribution in [3.8, 4) is 0 Å². The Morgan fingerprint density at radius 2 is 1.77 bits per heavy atom. The number of rotatable bonds is 10. The van der Waals surface area contributed by atoms with Gasteiger partial charge >= 0.3 is 0 Å². The lowest BCUT2D eigenvalue weighted by atomic mass is 9.93. The fraction of sp³-hybridized carbons (Fsp3) is 0.364. The molecule has 9 heteroatoms. The highest BCUT2D eigenvalue weighted by Gasteiger charge is 2.33. The van der Waals surface area contributed by atoms with Gasteiger partial charge in [0.05, 0.1) is 11.5 Å². The van der Waals surface area contributed by atoms with E-state index in [1.165, 1.54) is 4.31 Å². The molecule has 1 saturated heterocycles. The zero-order valence-electron chi connectivity index (χ0n) is 17.2. The van der Waals surface area contributed by atoms with Gasteiger partial charge in [-0.15, -0.1) is 0 Å². The molecule has 0 radical (unpaired) electrons. The highest BCUT2D eigenvalue weighted by Crippen LogP contribution is 2.27. The van der Waals surface area contributed by atoms with Crippen LogP contribution in [0.3, 0.4) is 0 Å². The van der Waals surface area contributed by atoms with Crippen LogP contribution < -0.4 is 4.72 Å². The Kier molecular flexibility index (Phi) is 7.66. The molecular formula is C22H28N2O5S2. The maximum atomic E-state index is 13.0. The monoisotopic (exact) mass is 464 g/mol. The molecule has 2 aromatic rings. The Morgan fingerprint density at radius 1 is 1.10 bits per heavy atom. The van der Waals surface area contributed by atoms with Crippen LogP contribution in [0.4, 0.5) is 0 Å². The van der Waals surface area contributed by atoms with Gasteiger partial charge in [-0.25, -0.2) is 21.6 Å². The molecule has 1 aliphatic rings. The number of nitrogens with one attached hydrogen (secondary N) is 1. The first-order chi connectivity index (χ1) is 14.7. The molecule has 0 saturated carbocycles. The lowest BCUT2D eigenvalue weighted by Crippen LogP contribution is -2.32. The molecule has 0 amide bonds. The van der Waals surface area contributed by atoms with E-state index in [1.54, 1.807) is 24.3 Å². The summed E-state index contributed by atoms with van der Waals surface area (Å²) >= 11 is 0. The first-order valence-electron chi connectivity index (χ1n) is 10.1. The third-order valence-corrected chi connectivity index (χ3v) is 8.46. The number of aliphatic hydroxyl groups is 1. The van der Waals surface area contributed by atoms with E-state index in [0.717, 1.165) is 16.5 Å². The zero-order chi connectivity index (χ0) is 22.5. The van der Waals surface area contributed by atoms with Crippen LogP contribution in [0.15, 0.2) is 71.5 Å². The van der Waals surface area contributed by atoms with Crippen molar-refractivity contribution in [3.63, 3.8) is 0 Å². The SMILES string of the molecule is C=CS(=O)(=O)NC[C@H]1CCN(S(=O)(=O)c2ccc(C(CO)Cc3ccccc3)cc2)C1. The number of hydrogen-bond acceptors (Lipinski definition) is 5. The molecule has 168 valence electrons. The molecule has 0 aliphatic carbocycles. The molecule has 1 unspecified atom stereocenters. The summed E-state index contributed by atoms with van der Waals surface area (Å²) in [5, 5.41) is 10.7. The van der Waals surface area contributed by atoms with Crippen molar-refractivity contribution >= 4 is 20.0 Å². The van der Waals surface area contributed by atoms with Crippen LogP contribution in [0, 0.1) is 5.92 Å². The molecule has 1 heterocycles. The molecule has 0 aromatic heterocycles. The second-order valence-electron chi connectivity index (χ2n) is 7.72. The molecule has 3 rings (SSSR count). The van der Waals surface area contributed by atoms with Crippen LogP contribution in [0.1, 0.15) is 23.5 Å². The van der Waals surface area contributed by atoms with Crippen molar-refractivity contribution in [2.45, 2.75) is 23.7 Å². The Bertz CT molecular complexity index is 1080. The number of sulfonamides is 2. The quantitative estimate of drug-likeness (QED) is 0.560. The summed E-state index contributed by atoms with van der Waals surface area (Å²) in [6, 6.07) is 16.5. The van der Waals surface area contributed by atoms with Gasteiger partial charge < -0.3 is 5.11 Å². The number of benzene rings is 2. The molecule has 1 fully saturated rings. The second kappa shape index (κ2) is 10.1. The predicted octanol–water partition coefficient (Wildman–Crippen LogP) is 2.08. The molecular weight excluding hydrogens is 436 g/mol. The normalized spacial score (nSPS) is 18.7. The topological polar surface area (TPSA) is 104 Å². The average molecular weight is 465 g/mol. The lowest BCUT2D eigenvalue weighted by molar-refractivity contribution is 0.264. The van der Waals surface area contributed by atoms with E-state index in [0.29, 0.717) is 19.4 Å². The summed E-state index contributed by atoms with van der Waals surface area (Å²) in [6.45, 7) is 4.00. The van der Waals surface area contributed by atoms with Crippen LogP contribution in [-0.2, 0) is 26.5 Å². The minimum absolute atomic E-state index is 0.0323. The van der Waals surface area contributed by atoms with Crippen molar-refractivity contribution < 1.29 is 21.9 Å². The van der Waals surface area contributed by atoms with Crippen LogP contribution in [-0.4, -0.2) is 52.5 Å². The van der Waals surface area contributed by atoms with Crippen molar-refractivity contribution in [2.75, 3.05) is 26.2 Å². The summed E-state index contributed by atoms with van der Waals surface area (Å²) in [4.78, 5) is 0.194. The molecule has 0 bridgehead atoms. The number of aliphatic hydroxyl groups excluding tert-OH is 1. The highest BCUT2D eigenvalue weighted by atomic mass is 32.2. The maximum Gasteiger partial charge on any atom is 0.243 e. The summed E-state index contributed by atoms with van der Waals surface area (Å²) < 4.78 is 52.8. The Labute approximate surface area is 184 Å². The van der Waals surface area contributed by atoms with Gasteiger partial charge in [0.15, 0.2) is 0 Å². The minimum Gasteiger partial charge on any atom is -0.396 e. The molecule has 2 atom stereocenters. The summed E-state index contributed by atoms with van der Waals surface area (Å²) in [6.07, 6.45) is 1.25. The molecule has 31 heavy (non-hydrogen) atoms. The van der Waals surface area contributed by atoms with E-state index in [9.17, 15) is 21.9 Å². The molecule has 2 aromatic carbocycles. The third kappa shape index (κ3) is 6.02. The van der Waals surface area contributed by atoms with Crippen LogP contribution in [0.2, 0.25) is 0 Å². The third-order valence-electron chi connectivity index (χ3n) is 5.58. The molecule has 1 aliphatic heterocycles. The summed E-state index contributed by atoms with van der Waals surface area (Å²) in [7, 11) is -7.19. The van der Waals surface area contributed by atoms with Crippen molar-refractivity contribution in [1.82, 2.24) is 9.03 Å². The van der Waals surface area contributed by atoms with Gasteiger partial charge in [0.25, 0.3) is 0 Å². The van der Waals surface area contributed by atoms with Gasteiger partial charge in [0.2, 0.25) is 20.0 Å². The van der Waals surface area contributed by atoms with Gasteiger partial charge in [-0.3, -0.25) is 0 Å². The van der Waals surface area contributed by atoms with Gasteiger partial charge in [0.1, 0.15) is 0 Å². The fourth-order valence-corrected chi connectivity index (χ4v) is 5.84. The minimum atomic E-state index is -3.67. The van der Waals surface area contributed by atoms with Gasteiger partial charge in [-0.2, -0.15) is 4.31 Å². The van der Waals surface area contributed by atoms with E-state index in [-0.39, 0.29) is 36.4 Å². The molecule has 7 nitrogen and oxygen atoms in total. The van der Waals surface area contributed by atoms with Crippen molar-refractivity contribution in [3.05, 3.63) is 77.7 Å². The summed E-state index contributed by atoms with van der Waals surface area (Å²) in [5.41, 5.74) is 1.98. The Balaban J connectivity index is 1.66. The number of nitrogens with zero attached hydrogens (tertiary/aromatic N) is 1. The maximum absolute atomic E-state index is 13.0. The highest BCUT2D eigenvalue weighted by molar-refractivity contribution is 7.92. The molecule has 0 spiro atoms. The Hall–Kier alpha value is -2.04. The van der Waals surface area contributed by atoms with Crippen molar-refractivity contribution in [1.29, 1.82) is 0 Å². The fourth-order valence-electron chi connectivity index (χ4n) is 3.72. The molecule has 2 N–H and O–H groups in total. The van der Waals surface area contributed by atoms with Crippen molar-refractivity contribution in [2.24, 2.45) is 5.92 Å². The van der Waals surface area contributed by atoms with Crippen LogP contribution >= 0.6 is 0 Å². The summed E-state index contributed by atoms with van der Waals surface area (Å²) in [5.74, 6) is -0.207. The van der Waals surface area contributed by atoms with Gasteiger partial charge in [-0.05, 0) is 42.0 Å². The van der Waals surface area contributed by atoms with E-state index < -0.39 is 20.0 Å².